The van der Waals surface area contributed by atoms with Crippen LogP contribution in [-0.4, -0.2) is 67.9 Å². The van der Waals surface area contributed by atoms with E-state index in [1.165, 1.54) is 11.8 Å². The largest absolute Gasteiger partial charge is 0.454 e. The fourth-order valence-corrected chi connectivity index (χ4v) is 6.28. The van der Waals surface area contributed by atoms with Crippen LogP contribution in [0, 0.1) is 11.3 Å². The standard InChI is InChI=1S/C27H34BrN7O5S/c1-15(31-26(37)40-27(2,3)4)24(36)34-8-5-6-16(12-34)7-9-35-13-30-22(29)21-23(35)33-25(32-21)41-20-11-19-18(10-17(20)28)38-14-39-19/h10-11,13,15-16,29H,5-9,12,14H2,1-4H3,(H,31,37)(H,32,33)/t15-,16?/m1/s1. The van der Waals surface area contributed by atoms with Crippen molar-refractivity contribution in [3.05, 3.63) is 28.4 Å². The van der Waals surface area contributed by atoms with Gasteiger partial charge in [0, 0.05) is 29.0 Å². The molecule has 2 aliphatic heterocycles. The number of amides is 2. The van der Waals surface area contributed by atoms with E-state index < -0.39 is 17.7 Å². The lowest BCUT2D eigenvalue weighted by Crippen LogP contribution is -2.50. The molecule has 1 saturated heterocycles. The van der Waals surface area contributed by atoms with E-state index in [0.717, 1.165) is 28.6 Å². The first-order valence-corrected chi connectivity index (χ1v) is 15.1. The Labute approximate surface area is 250 Å². The van der Waals surface area contributed by atoms with Gasteiger partial charge in [0.2, 0.25) is 12.7 Å². The molecule has 2 aromatic heterocycles. The number of fused-ring (bicyclic) bond motifs is 2. The summed E-state index contributed by atoms with van der Waals surface area (Å²) in [6.45, 7) is 9.17. The molecule has 0 bridgehead atoms. The second-order valence-electron chi connectivity index (χ2n) is 11.2. The number of ether oxygens (including phenoxy) is 3. The van der Waals surface area contributed by atoms with Crippen LogP contribution in [0.25, 0.3) is 11.2 Å². The van der Waals surface area contributed by atoms with Crippen LogP contribution in [0.4, 0.5) is 4.79 Å². The minimum absolute atomic E-state index is 0.112. The van der Waals surface area contributed by atoms with Crippen molar-refractivity contribution >= 4 is 50.9 Å². The highest BCUT2D eigenvalue weighted by Crippen LogP contribution is 2.42. The summed E-state index contributed by atoms with van der Waals surface area (Å²) in [5.41, 5.74) is 0.717. The summed E-state index contributed by atoms with van der Waals surface area (Å²) < 4.78 is 19.0. The van der Waals surface area contributed by atoms with E-state index in [4.69, 9.17) is 24.6 Å². The highest BCUT2D eigenvalue weighted by Gasteiger charge is 2.29. The van der Waals surface area contributed by atoms with E-state index in [-0.39, 0.29) is 24.1 Å². The topological polar surface area (TPSA) is 147 Å². The number of rotatable bonds is 7. The summed E-state index contributed by atoms with van der Waals surface area (Å²) in [6, 6.07) is 3.10. The number of carbonyl (C=O) groups excluding carboxylic acids is 2. The first-order valence-electron chi connectivity index (χ1n) is 13.5. The minimum Gasteiger partial charge on any atom is -0.454 e. The number of halogens is 1. The van der Waals surface area contributed by atoms with E-state index in [9.17, 15) is 9.59 Å². The van der Waals surface area contributed by atoms with Gasteiger partial charge in [-0.25, -0.2) is 14.8 Å². The molecule has 14 heteroatoms. The maximum atomic E-state index is 13.1. The molecular weight excluding hydrogens is 614 g/mol. The highest BCUT2D eigenvalue weighted by atomic mass is 79.9. The molecule has 1 fully saturated rings. The lowest BCUT2D eigenvalue weighted by molar-refractivity contribution is -0.134. The lowest BCUT2D eigenvalue weighted by atomic mass is 9.94. The Kier molecular flexibility index (Phi) is 8.50. The Morgan fingerprint density at radius 1 is 1.32 bits per heavy atom. The number of imidazole rings is 1. The molecule has 12 nitrogen and oxygen atoms in total. The summed E-state index contributed by atoms with van der Waals surface area (Å²) in [6.07, 6.45) is 3.77. The van der Waals surface area contributed by atoms with Crippen LogP contribution in [0.2, 0.25) is 0 Å². The van der Waals surface area contributed by atoms with Crippen LogP contribution < -0.4 is 20.3 Å². The summed E-state index contributed by atoms with van der Waals surface area (Å²) >= 11 is 5.01. The molecular formula is C27H34BrN7O5S. The molecule has 0 aliphatic carbocycles. The molecule has 4 heterocycles. The third-order valence-corrected chi connectivity index (χ3v) is 8.71. The van der Waals surface area contributed by atoms with Crippen LogP contribution in [-0.2, 0) is 16.1 Å². The SMILES string of the molecule is C[C@@H](NC(=O)OC(C)(C)C)C(=O)N1CCCC(CCn2cnc(=N)c3[nH]c(Sc4cc5c(cc4Br)OCO5)nc32)C1. The van der Waals surface area contributed by atoms with Gasteiger partial charge in [0.15, 0.2) is 27.8 Å². The summed E-state index contributed by atoms with van der Waals surface area (Å²) in [5, 5.41) is 11.6. The van der Waals surface area contributed by atoms with E-state index in [1.807, 2.05) is 21.6 Å². The maximum absolute atomic E-state index is 13.1. The number of likely N-dealkylation sites (tertiary alicyclic amines) is 1. The van der Waals surface area contributed by atoms with Crippen molar-refractivity contribution < 1.29 is 23.8 Å². The van der Waals surface area contributed by atoms with E-state index >= 15 is 0 Å². The molecule has 0 spiro atoms. The monoisotopic (exact) mass is 647 g/mol. The molecule has 2 aliphatic rings. The Morgan fingerprint density at radius 3 is 2.83 bits per heavy atom. The second-order valence-corrected chi connectivity index (χ2v) is 13.1. The number of nitrogens with one attached hydrogen (secondary N) is 3. The van der Waals surface area contributed by atoms with Gasteiger partial charge in [-0.05, 0) is 80.9 Å². The molecule has 3 N–H and O–H groups in total. The number of alkyl carbamates (subject to hydrolysis) is 1. The van der Waals surface area contributed by atoms with Crippen molar-refractivity contribution in [1.82, 2.24) is 29.7 Å². The van der Waals surface area contributed by atoms with E-state index in [1.54, 1.807) is 34.0 Å². The average Bonchev–Trinajstić information content (AvgIpc) is 3.54. The zero-order valence-corrected chi connectivity index (χ0v) is 25.9. The van der Waals surface area contributed by atoms with Gasteiger partial charge < -0.3 is 34.0 Å². The van der Waals surface area contributed by atoms with Crippen molar-refractivity contribution in [3.63, 3.8) is 0 Å². The predicted octanol–water partition coefficient (Wildman–Crippen LogP) is 4.42. The van der Waals surface area contributed by atoms with Crippen LogP contribution >= 0.6 is 27.7 Å². The molecule has 2 amide bonds. The van der Waals surface area contributed by atoms with Crippen molar-refractivity contribution in [1.29, 1.82) is 5.41 Å². The first kappa shape index (κ1) is 29.2. The Balaban J connectivity index is 1.23. The number of aromatic amines is 1. The Morgan fingerprint density at radius 2 is 2.07 bits per heavy atom. The number of aryl methyl sites for hydroxylation is 1. The van der Waals surface area contributed by atoms with Gasteiger partial charge in [-0.3, -0.25) is 10.2 Å². The zero-order valence-electron chi connectivity index (χ0n) is 23.5. The normalized spacial score (nSPS) is 17.5. The molecule has 0 radical (unpaired) electrons. The van der Waals surface area contributed by atoms with Gasteiger partial charge in [-0.2, -0.15) is 0 Å². The van der Waals surface area contributed by atoms with Crippen molar-refractivity contribution in [2.75, 3.05) is 19.9 Å². The predicted molar refractivity (Wildman–Crippen MR) is 155 cm³/mol. The number of nitrogens with zero attached hydrogens (tertiary/aromatic N) is 4. The van der Waals surface area contributed by atoms with Gasteiger partial charge in [-0.1, -0.05) is 11.8 Å². The third-order valence-electron chi connectivity index (χ3n) is 6.84. The Bertz CT molecular complexity index is 1520. The van der Waals surface area contributed by atoms with Crippen molar-refractivity contribution in [3.8, 4) is 11.5 Å². The number of piperidine rings is 1. The van der Waals surface area contributed by atoms with Crippen LogP contribution in [0.15, 0.2) is 33.0 Å². The molecule has 1 unspecified atom stereocenters. The van der Waals surface area contributed by atoms with E-state index in [0.29, 0.717) is 47.5 Å². The first-order chi connectivity index (χ1) is 19.5. The fraction of sp³-hybridized carbons (Fsp3) is 0.519. The molecule has 220 valence electrons. The highest BCUT2D eigenvalue weighted by molar-refractivity contribution is 9.10. The summed E-state index contributed by atoms with van der Waals surface area (Å²) in [4.78, 5) is 40.2. The number of benzene rings is 1. The second kappa shape index (κ2) is 11.9. The van der Waals surface area contributed by atoms with Crippen molar-refractivity contribution in [2.24, 2.45) is 5.92 Å². The molecule has 3 aromatic rings. The van der Waals surface area contributed by atoms with Crippen LogP contribution in [0.3, 0.4) is 0 Å². The van der Waals surface area contributed by atoms with Gasteiger partial charge in [0.1, 0.15) is 17.2 Å². The minimum atomic E-state index is -0.670. The maximum Gasteiger partial charge on any atom is 0.408 e. The van der Waals surface area contributed by atoms with Crippen LogP contribution in [0.1, 0.15) is 47.0 Å². The number of aromatic nitrogens is 4. The van der Waals surface area contributed by atoms with Gasteiger partial charge >= 0.3 is 6.09 Å². The number of carbonyl (C=O) groups is 2. The quantitative estimate of drug-likeness (QED) is 0.341. The molecule has 2 atom stereocenters. The summed E-state index contributed by atoms with van der Waals surface area (Å²) in [7, 11) is 0. The third kappa shape index (κ3) is 6.97. The zero-order chi connectivity index (χ0) is 29.3. The number of hydrogen-bond acceptors (Lipinski definition) is 9. The molecule has 5 rings (SSSR count). The molecule has 0 saturated carbocycles. The van der Waals surface area contributed by atoms with Crippen LogP contribution in [0.5, 0.6) is 11.5 Å². The molecule has 41 heavy (non-hydrogen) atoms. The summed E-state index contributed by atoms with van der Waals surface area (Å²) in [5.74, 6) is 1.55. The average molecular weight is 649 g/mol. The smallest absolute Gasteiger partial charge is 0.408 e. The number of H-pyrrole nitrogens is 1. The van der Waals surface area contributed by atoms with E-state index in [2.05, 4.69) is 31.2 Å². The lowest BCUT2D eigenvalue weighted by Gasteiger charge is -2.34. The number of hydrogen-bond donors (Lipinski definition) is 3. The molecule has 1 aromatic carbocycles. The van der Waals surface area contributed by atoms with Gasteiger partial charge in [0.05, 0.1) is 6.33 Å². The van der Waals surface area contributed by atoms with Gasteiger partial charge in [-0.15, -0.1) is 0 Å². The Hall–Kier alpha value is -3.26. The van der Waals surface area contributed by atoms with Crippen molar-refractivity contribution in [2.45, 2.75) is 75.2 Å². The van der Waals surface area contributed by atoms with Gasteiger partial charge in [0.25, 0.3) is 0 Å². The fourth-order valence-electron chi connectivity index (χ4n) is 4.90.